The van der Waals surface area contributed by atoms with Crippen LogP contribution in [0.25, 0.3) is 0 Å². The number of amides is 1. The van der Waals surface area contributed by atoms with Crippen molar-refractivity contribution in [1.29, 1.82) is 0 Å². The summed E-state index contributed by atoms with van der Waals surface area (Å²) in [6.45, 7) is 0. The van der Waals surface area contributed by atoms with Crippen LogP contribution in [0.2, 0.25) is 5.02 Å². The van der Waals surface area contributed by atoms with Crippen LogP contribution >= 0.6 is 11.6 Å². The van der Waals surface area contributed by atoms with Crippen molar-refractivity contribution in [2.24, 2.45) is 5.10 Å². The Morgan fingerprint density at radius 1 is 1.17 bits per heavy atom. The summed E-state index contributed by atoms with van der Waals surface area (Å²) < 4.78 is 10.4. The highest BCUT2D eigenvalue weighted by Gasteiger charge is 2.04. The Morgan fingerprint density at radius 2 is 1.91 bits per heavy atom. The molecule has 0 bridgehead atoms. The number of carbonyl (C=O) groups excluding carboxylic acids is 1. The second-order valence-electron chi connectivity index (χ2n) is 4.70. The number of hydrogen-bond acceptors (Lipinski definition) is 4. The Kier molecular flexibility index (Phi) is 6.00. The molecule has 0 fully saturated rings. The summed E-state index contributed by atoms with van der Waals surface area (Å²) in [6, 6.07) is 12.4. The minimum absolute atomic E-state index is 0.217. The van der Waals surface area contributed by atoms with Crippen LogP contribution in [0.15, 0.2) is 47.6 Å². The average molecular weight is 333 g/mol. The number of hydrogen-bond donors (Lipinski definition) is 1. The monoisotopic (exact) mass is 332 g/mol. The van der Waals surface area contributed by atoms with Crippen molar-refractivity contribution in [3.63, 3.8) is 0 Å². The highest BCUT2D eigenvalue weighted by molar-refractivity contribution is 6.30. The van der Waals surface area contributed by atoms with E-state index in [9.17, 15) is 4.79 Å². The van der Waals surface area contributed by atoms with Crippen molar-refractivity contribution >= 4 is 23.7 Å². The fourth-order valence-electron chi connectivity index (χ4n) is 1.94. The first-order valence-electron chi connectivity index (χ1n) is 6.90. The third kappa shape index (κ3) is 5.00. The van der Waals surface area contributed by atoms with Crippen LogP contribution in [0.1, 0.15) is 11.1 Å². The van der Waals surface area contributed by atoms with Gasteiger partial charge in [0.15, 0.2) is 0 Å². The molecule has 2 aromatic carbocycles. The quantitative estimate of drug-likeness (QED) is 0.653. The highest BCUT2D eigenvalue weighted by atomic mass is 35.5. The molecule has 0 atom stereocenters. The Bertz CT molecular complexity index is 699. The molecular weight excluding hydrogens is 316 g/mol. The van der Waals surface area contributed by atoms with Gasteiger partial charge in [0.05, 0.1) is 26.9 Å². The molecule has 0 aliphatic carbocycles. The van der Waals surface area contributed by atoms with Crippen molar-refractivity contribution in [2.75, 3.05) is 14.2 Å². The lowest BCUT2D eigenvalue weighted by atomic mass is 10.1. The van der Waals surface area contributed by atoms with Crippen molar-refractivity contribution in [2.45, 2.75) is 6.42 Å². The molecule has 0 radical (unpaired) electrons. The summed E-state index contributed by atoms with van der Waals surface area (Å²) in [5.74, 6) is 1.10. The molecule has 0 aromatic heterocycles. The lowest BCUT2D eigenvalue weighted by molar-refractivity contribution is -0.120. The number of nitrogens with one attached hydrogen (secondary N) is 1. The van der Waals surface area contributed by atoms with Crippen molar-refractivity contribution in [3.05, 3.63) is 58.6 Å². The first-order chi connectivity index (χ1) is 11.1. The largest absolute Gasteiger partial charge is 0.497 e. The standard InChI is InChI=1S/C17H17ClN2O3/c1-22-15-7-8-16(23-2)13(10-15)11-19-20-17(21)9-12-3-5-14(18)6-4-12/h3-8,10-11H,9H2,1-2H3,(H,20,21). The maximum atomic E-state index is 11.9. The molecule has 0 saturated carbocycles. The van der Waals surface area contributed by atoms with E-state index in [2.05, 4.69) is 10.5 Å². The second kappa shape index (κ2) is 8.19. The van der Waals surface area contributed by atoms with Crippen LogP contribution in [0.4, 0.5) is 0 Å². The maximum absolute atomic E-state index is 11.9. The molecule has 6 heteroatoms. The van der Waals surface area contributed by atoms with Gasteiger partial charge in [0.2, 0.25) is 5.91 Å². The van der Waals surface area contributed by atoms with E-state index in [0.29, 0.717) is 22.1 Å². The van der Waals surface area contributed by atoms with E-state index >= 15 is 0 Å². The molecule has 2 aromatic rings. The summed E-state index contributed by atoms with van der Waals surface area (Å²) in [5, 5.41) is 4.59. The molecule has 0 saturated heterocycles. The molecule has 0 spiro atoms. The van der Waals surface area contributed by atoms with Gasteiger partial charge in [0.1, 0.15) is 11.5 Å². The van der Waals surface area contributed by atoms with Crippen molar-refractivity contribution in [1.82, 2.24) is 5.43 Å². The number of carbonyl (C=O) groups is 1. The highest BCUT2D eigenvalue weighted by Crippen LogP contribution is 2.22. The Hall–Kier alpha value is -2.53. The Balaban J connectivity index is 1.98. The molecule has 120 valence electrons. The molecule has 0 aliphatic heterocycles. The van der Waals surface area contributed by atoms with E-state index in [1.807, 2.05) is 0 Å². The molecule has 1 N–H and O–H groups in total. The van der Waals surface area contributed by atoms with Gasteiger partial charge in [-0.2, -0.15) is 5.10 Å². The number of ether oxygens (including phenoxy) is 2. The number of methoxy groups -OCH3 is 2. The van der Waals surface area contributed by atoms with E-state index in [-0.39, 0.29) is 12.3 Å². The van der Waals surface area contributed by atoms with Crippen LogP contribution in [0.5, 0.6) is 11.5 Å². The van der Waals surface area contributed by atoms with E-state index in [1.54, 1.807) is 56.7 Å². The summed E-state index contributed by atoms with van der Waals surface area (Å²) >= 11 is 5.81. The van der Waals surface area contributed by atoms with Gasteiger partial charge in [-0.1, -0.05) is 23.7 Å². The predicted molar refractivity (Wildman–Crippen MR) is 90.4 cm³/mol. The second-order valence-corrected chi connectivity index (χ2v) is 5.14. The zero-order valence-electron chi connectivity index (χ0n) is 12.9. The zero-order valence-corrected chi connectivity index (χ0v) is 13.6. The van der Waals surface area contributed by atoms with Crippen LogP contribution in [0, 0.1) is 0 Å². The fraction of sp³-hybridized carbons (Fsp3) is 0.176. The summed E-state index contributed by atoms with van der Waals surface area (Å²) in [6.07, 6.45) is 1.74. The van der Waals surface area contributed by atoms with Gasteiger partial charge in [-0.15, -0.1) is 0 Å². The van der Waals surface area contributed by atoms with Crippen LogP contribution in [0.3, 0.4) is 0 Å². The van der Waals surface area contributed by atoms with Crippen LogP contribution < -0.4 is 14.9 Å². The number of benzene rings is 2. The lowest BCUT2D eigenvalue weighted by Gasteiger charge is -2.06. The molecular formula is C17H17ClN2O3. The van der Waals surface area contributed by atoms with Crippen LogP contribution in [-0.2, 0) is 11.2 Å². The van der Waals surface area contributed by atoms with E-state index in [0.717, 1.165) is 5.56 Å². The normalized spacial score (nSPS) is 10.6. The molecule has 5 nitrogen and oxygen atoms in total. The van der Waals surface area contributed by atoms with Gasteiger partial charge in [0, 0.05) is 10.6 Å². The number of halogens is 1. The lowest BCUT2D eigenvalue weighted by Crippen LogP contribution is -2.19. The third-order valence-corrected chi connectivity index (χ3v) is 3.36. The summed E-state index contributed by atoms with van der Waals surface area (Å²) in [7, 11) is 3.15. The smallest absolute Gasteiger partial charge is 0.244 e. The topological polar surface area (TPSA) is 59.9 Å². The number of nitrogens with zero attached hydrogens (tertiary/aromatic N) is 1. The molecule has 2 rings (SSSR count). The van der Waals surface area contributed by atoms with E-state index in [4.69, 9.17) is 21.1 Å². The Morgan fingerprint density at radius 3 is 2.57 bits per heavy atom. The first-order valence-corrected chi connectivity index (χ1v) is 7.28. The molecule has 0 unspecified atom stereocenters. The van der Waals surface area contributed by atoms with Gasteiger partial charge < -0.3 is 9.47 Å². The summed E-state index contributed by atoms with van der Waals surface area (Å²) in [5.41, 5.74) is 4.05. The molecule has 23 heavy (non-hydrogen) atoms. The minimum Gasteiger partial charge on any atom is -0.497 e. The van der Waals surface area contributed by atoms with E-state index < -0.39 is 0 Å². The predicted octanol–water partition coefficient (Wildman–Crippen LogP) is 3.05. The maximum Gasteiger partial charge on any atom is 0.244 e. The average Bonchev–Trinajstić information content (AvgIpc) is 2.57. The van der Waals surface area contributed by atoms with Crippen molar-refractivity contribution in [3.8, 4) is 11.5 Å². The molecule has 0 aliphatic rings. The first kappa shape index (κ1) is 16.8. The third-order valence-electron chi connectivity index (χ3n) is 3.11. The van der Waals surface area contributed by atoms with Crippen molar-refractivity contribution < 1.29 is 14.3 Å². The SMILES string of the molecule is COc1ccc(OC)c(C=NNC(=O)Cc2ccc(Cl)cc2)c1. The summed E-state index contributed by atoms with van der Waals surface area (Å²) in [4.78, 5) is 11.9. The number of hydrazone groups is 1. The van der Waals surface area contributed by atoms with E-state index in [1.165, 1.54) is 6.21 Å². The molecule has 1 amide bonds. The Labute approximate surface area is 139 Å². The van der Waals surface area contributed by atoms with Gasteiger partial charge in [-0.25, -0.2) is 5.43 Å². The molecule has 0 heterocycles. The zero-order chi connectivity index (χ0) is 16.7. The fourth-order valence-corrected chi connectivity index (χ4v) is 2.07. The minimum atomic E-state index is -0.217. The van der Waals surface area contributed by atoms with Gasteiger partial charge in [-0.3, -0.25) is 4.79 Å². The van der Waals surface area contributed by atoms with Gasteiger partial charge in [-0.05, 0) is 35.9 Å². The van der Waals surface area contributed by atoms with Crippen LogP contribution in [-0.4, -0.2) is 26.3 Å². The van der Waals surface area contributed by atoms with Gasteiger partial charge in [0.25, 0.3) is 0 Å². The van der Waals surface area contributed by atoms with Gasteiger partial charge >= 0.3 is 0 Å². The number of rotatable bonds is 6.